The highest BCUT2D eigenvalue weighted by atomic mass is 16.5. The maximum atomic E-state index is 9.77. The van der Waals surface area contributed by atoms with E-state index in [-0.39, 0.29) is 18.8 Å². The van der Waals surface area contributed by atoms with Crippen molar-refractivity contribution in [3.63, 3.8) is 0 Å². The van der Waals surface area contributed by atoms with E-state index in [1.807, 2.05) is 0 Å². The van der Waals surface area contributed by atoms with Gasteiger partial charge in [-0.05, 0) is 19.4 Å². The molecule has 0 aromatic carbocycles. The lowest BCUT2D eigenvalue weighted by Crippen LogP contribution is -2.64. The fourth-order valence-corrected chi connectivity index (χ4v) is 2.26. The largest absolute Gasteiger partial charge is 0.394 e. The lowest BCUT2D eigenvalue weighted by molar-refractivity contribution is -0.200. The van der Waals surface area contributed by atoms with Gasteiger partial charge < -0.3 is 25.4 Å². The zero-order valence-electron chi connectivity index (χ0n) is 7.97. The van der Waals surface area contributed by atoms with Crippen LogP contribution >= 0.6 is 0 Å². The molecular weight excluding hydrogens is 186 g/mol. The molecular formula is C9H17NO4. The smallest absolute Gasteiger partial charge is 0.110 e. The van der Waals surface area contributed by atoms with E-state index in [1.165, 1.54) is 0 Å². The standard InChI is InChI=1S/C9H17NO4/c11-4-6-8(12)9(13)7-5(14-6)2-1-3-10-7/h5-13H,1-4H2. The number of rotatable bonds is 1. The first-order valence-corrected chi connectivity index (χ1v) is 5.10. The lowest BCUT2D eigenvalue weighted by Gasteiger charge is -2.45. The first kappa shape index (κ1) is 10.3. The van der Waals surface area contributed by atoms with Crippen molar-refractivity contribution in [3.05, 3.63) is 0 Å². The molecule has 82 valence electrons. The van der Waals surface area contributed by atoms with Crippen LogP contribution in [0.2, 0.25) is 0 Å². The van der Waals surface area contributed by atoms with E-state index >= 15 is 0 Å². The summed E-state index contributed by atoms with van der Waals surface area (Å²) in [6, 6.07) is -0.193. The number of hydrogen-bond donors (Lipinski definition) is 4. The van der Waals surface area contributed by atoms with Gasteiger partial charge in [0.25, 0.3) is 0 Å². The molecule has 0 radical (unpaired) electrons. The molecule has 4 N–H and O–H groups in total. The van der Waals surface area contributed by atoms with E-state index in [0.29, 0.717) is 0 Å². The second-order valence-corrected chi connectivity index (χ2v) is 4.00. The van der Waals surface area contributed by atoms with E-state index in [2.05, 4.69) is 5.32 Å². The minimum absolute atomic E-state index is 0.0840. The molecule has 0 amide bonds. The van der Waals surface area contributed by atoms with E-state index in [9.17, 15) is 10.2 Å². The lowest BCUT2D eigenvalue weighted by atomic mass is 9.88. The Morgan fingerprint density at radius 3 is 2.79 bits per heavy atom. The zero-order chi connectivity index (χ0) is 10.1. The average molecular weight is 203 g/mol. The Hall–Kier alpha value is -0.200. The Morgan fingerprint density at radius 1 is 1.29 bits per heavy atom. The van der Waals surface area contributed by atoms with Crippen LogP contribution in [0.3, 0.4) is 0 Å². The van der Waals surface area contributed by atoms with Crippen molar-refractivity contribution in [3.8, 4) is 0 Å². The summed E-state index contributed by atoms with van der Waals surface area (Å²) in [5.41, 5.74) is 0. The molecule has 5 atom stereocenters. The predicted octanol–water partition coefficient (Wildman–Crippen LogP) is -1.78. The highest BCUT2D eigenvalue weighted by Crippen LogP contribution is 2.26. The van der Waals surface area contributed by atoms with E-state index in [0.717, 1.165) is 19.4 Å². The number of aliphatic hydroxyl groups is 3. The van der Waals surface area contributed by atoms with Gasteiger partial charge in [0.2, 0.25) is 0 Å². The molecule has 5 nitrogen and oxygen atoms in total. The number of piperidine rings is 1. The minimum Gasteiger partial charge on any atom is -0.394 e. The van der Waals surface area contributed by atoms with Crippen molar-refractivity contribution in [1.29, 1.82) is 0 Å². The molecule has 0 aromatic rings. The fourth-order valence-electron chi connectivity index (χ4n) is 2.26. The Kier molecular flexibility index (Phi) is 3.04. The van der Waals surface area contributed by atoms with Gasteiger partial charge in [-0.25, -0.2) is 0 Å². The van der Waals surface area contributed by atoms with Crippen LogP contribution in [0.1, 0.15) is 12.8 Å². The summed E-state index contributed by atoms with van der Waals surface area (Å²) in [5.74, 6) is 0. The number of hydrogen-bond acceptors (Lipinski definition) is 5. The summed E-state index contributed by atoms with van der Waals surface area (Å²) < 4.78 is 5.50. The van der Waals surface area contributed by atoms with Crippen LogP contribution in [0.25, 0.3) is 0 Å². The van der Waals surface area contributed by atoms with Crippen molar-refractivity contribution < 1.29 is 20.1 Å². The van der Waals surface area contributed by atoms with Gasteiger partial charge in [0.15, 0.2) is 0 Å². The van der Waals surface area contributed by atoms with Gasteiger partial charge >= 0.3 is 0 Å². The van der Waals surface area contributed by atoms with Crippen molar-refractivity contribution >= 4 is 0 Å². The quantitative estimate of drug-likeness (QED) is 0.405. The predicted molar refractivity (Wildman–Crippen MR) is 48.8 cm³/mol. The summed E-state index contributed by atoms with van der Waals surface area (Å²) in [7, 11) is 0. The molecule has 0 spiro atoms. The van der Waals surface area contributed by atoms with Crippen LogP contribution in [-0.4, -0.2) is 58.9 Å². The molecule has 5 heteroatoms. The number of nitrogens with one attached hydrogen (secondary N) is 1. The van der Waals surface area contributed by atoms with Gasteiger partial charge in [0, 0.05) is 0 Å². The van der Waals surface area contributed by atoms with Crippen LogP contribution in [0.15, 0.2) is 0 Å². The molecule has 0 bridgehead atoms. The molecule has 0 aliphatic carbocycles. The molecule has 2 aliphatic heterocycles. The monoisotopic (exact) mass is 203 g/mol. The van der Waals surface area contributed by atoms with Crippen LogP contribution in [-0.2, 0) is 4.74 Å². The maximum absolute atomic E-state index is 9.77. The third-order valence-electron chi connectivity index (χ3n) is 3.07. The first-order valence-electron chi connectivity index (χ1n) is 5.10. The van der Waals surface area contributed by atoms with Crippen LogP contribution in [0, 0.1) is 0 Å². The Labute approximate surface area is 82.7 Å². The summed E-state index contributed by atoms with van der Waals surface area (Å²) in [4.78, 5) is 0. The van der Waals surface area contributed by atoms with Crippen molar-refractivity contribution in [2.75, 3.05) is 13.2 Å². The third kappa shape index (κ3) is 1.66. The van der Waals surface area contributed by atoms with Crippen LogP contribution in [0.4, 0.5) is 0 Å². The van der Waals surface area contributed by atoms with E-state index in [4.69, 9.17) is 9.84 Å². The Bertz CT molecular complexity index is 199. The van der Waals surface area contributed by atoms with Gasteiger partial charge in [-0.2, -0.15) is 0 Å². The molecule has 2 fully saturated rings. The summed E-state index contributed by atoms with van der Waals surface area (Å²) in [5, 5.41) is 31.5. The third-order valence-corrected chi connectivity index (χ3v) is 3.07. The van der Waals surface area contributed by atoms with Gasteiger partial charge in [-0.1, -0.05) is 0 Å². The number of aliphatic hydroxyl groups excluding tert-OH is 3. The zero-order valence-corrected chi connectivity index (χ0v) is 7.97. The van der Waals surface area contributed by atoms with Crippen LogP contribution in [0.5, 0.6) is 0 Å². The molecule has 5 unspecified atom stereocenters. The number of ether oxygens (including phenoxy) is 1. The summed E-state index contributed by atoms with van der Waals surface area (Å²) in [6.07, 6.45) is -0.691. The molecule has 14 heavy (non-hydrogen) atoms. The van der Waals surface area contributed by atoms with Crippen molar-refractivity contribution in [2.45, 2.75) is 43.3 Å². The topological polar surface area (TPSA) is 82.0 Å². The van der Waals surface area contributed by atoms with Crippen molar-refractivity contribution in [1.82, 2.24) is 5.32 Å². The molecule has 0 aromatic heterocycles. The van der Waals surface area contributed by atoms with Crippen LogP contribution < -0.4 is 5.32 Å². The maximum Gasteiger partial charge on any atom is 0.110 e. The SMILES string of the molecule is OCC1OC2CCCNC2C(O)C1O. The minimum atomic E-state index is -0.994. The van der Waals surface area contributed by atoms with E-state index < -0.39 is 18.3 Å². The Balaban J connectivity index is 2.07. The summed E-state index contributed by atoms with van der Waals surface area (Å²) >= 11 is 0. The molecule has 2 saturated heterocycles. The molecule has 0 saturated carbocycles. The van der Waals surface area contributed by atoms with Gasteiger partial charge in [0.05, 0.1) is 18.8 Å². The van der Waals surface area contributed by atoms with Gasteiger partial charge in [-0.3, -0.25) is 0 Å². The normalized spacial score (nSPS) is 48.6. The van der Waals surface area contributed by atoms with Crippen molar-refractivity contribution in [2.24, 2.45) is 0 Å². The van der Waals surface area contributed by atoms with Gasteiger partial charge in [-0.15, -0.1) is 0 Å². The second-order valence-electron chi connectivity index (χ2n) is 4.00. The van der Waals surface area contributed by atoms with Gasteiger partial charge in [0.1, 0.15) is 18.3 Å². The molecule has 2 rings (SSSR count). The average Bonchev–Trinajstić information content (AvgIpc) is 2.23. The summed E-state index contributed by atoms with van der Waals surface area (Å²) in [6.45, 7) is 0.597. The van der Waals surface area contributed by atoms with E-state index in [1.54, 1.807) is 0 Å². The highest BCUT2D eigenvalue weighted by Gasteiger charge is 2.44. The molecule has 2 heterocycles. The fraction of sp³-hybridized carbons (Fsp3) is 1.00. The first-order chi connectivity index (χ1) is 6.74. The molecule has 2 aliphatic rings. The number of fused-ring (bicyclic) bond motifs is 1. The Morgan fingerprint density at radius 2 is 2.07 bits per heavy atom. The highest BCUT2D eigenvalue weighted by molar-refractivity contribution is 4.97. The second kappa shape index (κ2) is 4.12.